The van der Waals surface area contributed by atoms with Gasteiger partial charge in [-0.2, -0.15) is 0 Å². The first kappa shape index (κ1) is 13.5. The van der Waals surface area contributed by atoms with Gasteiger partial charge in [0.2, 0.25) is 0 Å². The lowest BCUT2D eigenvalue weighted by atomic mass is 10.2. The van der Waals surface area contributed by atoms with Gasteiger partial charge in [0.05, 0.1) is 4.90 Å². The molecule has 0 atom stereocenters. The second kappa shape index (κ2) is 4.97. The molecule has 0 heterocycles. The molecule has 0 aliphatic heterocycles. The third-order valence-electron chi connectivity index (χ3n) is 2.50. The molecule has 0 saturated heterocycles. The molecule has 2 rings (SSSR count). The first-order valence-electron chi connectivity index (χ1n) is 5.43. The van der Waals surface area contributed by atoms with Crippen LogP contribution in [-0.2, 0) is 10.0 Å². The third-order valence-corrected chi connectivity index (χ3v) is 3.85. The lowest BCUT2D eigenvalue weighted by molar-refractivity contribution is 0.583. The number of rotatable bonds is 3. The van der Waals surface area contributed by atoms with Crippen molar-refractivity contribution < 1.29 is 17.2 Å². The number of para-hydroxylation sites is 1. The quantitative estimate of drug-likeness (QED) is 0.941. The van der Waals surface area contributed by atoms with Crippen molar-refractivity contribution >= 4 is 15.7 Å². The summed E-state index contributed by atoms with van der Waals surface area (Å²) in [5, 5.41) is 0. The van der Waals surface area contributed by atoms with Crippen LogP contribution in [0.4, 0.5) is 14.5 Å². The van der Waals surface area contributed by atoms with E-state index in [2.05, 4.69) is 0 Å². The zero-order chi connectivity index (χ0) is 14.0. The largest absolute Gasteiger partial charge is 0.274 e. The molecule has 0 radical (unpaired) electrons. The summed E-state index contributed by atoms with van der Waals surface area (Å²) >= 11 is 0. The van der Waals surface area contributed by atoms with Crippen molar-refractivity contribution in [3.63, 3.8) is 0 Å². The molecule has 3 nitrogen and oxygen atoms in total. The van der Waals surface area contributed by atoms with Gasteiger partial charge in [-0.15, -0.1) is 0 Å². The number of benzene rings is 2. The normalized spacial score (nSPS) is 11.3. The van der Waals surface area contributed by atoms with E-state index in [9.17, 15) is 17.2 Å². The van der Waals surface area contributed by atoms with Crippen LogP contribution in [0, 0.1) is 18.6 Å². The molecule has 6 heteroatoms. The Morgan fingerprint density at radius 2 is 1.58 bits per heavy atom. The Bertz CT molecular complexity index is 694. The zero-order valence-corrected chi connectivity index (χ0v) is 10.8. The first-order valence-corrected chi connectivity index (χ1v) is 6.92. The van der Waals surface area contributed by atoms with Crippen LogP contribution in [0.2, 0.25) is 0 Å². The Hall–Kier alpha value is -1.95. The van der Waals surface area contributed by atoms with Crippen molar-refractivity contribution in [1.29, 1.82) is 0 Å². The van der Waals surface area contributed by atoms with Gasteiger partial charge in [0, 0.05) is 0 Å². The highest BCUT2D eigenvalue weighted by molar-refractivity contribution is 7.92. The van der Waals surface area contributed by atoms with Crippen molar-refractivity contribution in [1.82, 2.24) is 0 Å². The molecule has 0 aliphatic rings. The summed E-state index contributed by atoms with van der Waals surface area (Å²) in [5.41, 5.74) is 0.0564. The summed E-state index contributed by atoms with van der Waals surface area (Å²) in [7, 11) is -4.01. The standard InChI is InChI=1S/C13H11F2NO2S/c1-9-4-2-5-10(8-9)19(17,18)16-13-11(14)6-3-7-12(13)15/h2-8,16H,1H3. The fourth-order valence-corrected chi connectivity index (χ4v) is 2.75. The molecule has 2 aromatic carbocycles. The van der Waals surface area contributed by atoms with Crippen LogP contribution in [0.1, 0.15) is 5.56 Å². The van der Waals surface area contributed by atoms with Gasteiger partial charge < -0.3 is 0 Å². The molecular weight excluding hydrogens is 272 g/mol. The lowest BCUT2D eigenvalue weighted by Crippen LogP contribution is -2.15. The molecule has 0 amide bonds. The number of sulfonamides is 1. The van der Waals surface area contributed by atoms with E-state index < -0.39 is 27.3 Å². The molecule has 0 fully saturated rings. The fraction of sp³-hybridized carbons (Fsp3) is 0.0769. The van der Waals surface area contributed by atoms with Crippen LogP contribution in [0.15, 0.2) is 47.4 Å². The Labute approximate surface area is 109 Å². The van der Waals surface area contributed by atoms with Gasteiger partial charge in [-0.05, 0) is 36.8 Å². The van der Waals surface area contributed by atoms with E-state index in [0.29, 0.717) is 0 Å². The SMILES string of the molecule is Cc1cccc(S(=O)(=O)Nc2c(F)cccc2F)c1. The summed E-state index contributed by atoms with van der Waals surface area (Å²) in [6.07, 6.45) is 0. The number of anilines is 1. The van der Waals surface area contributed by atoms with Gasteiger partial charge in [0.1, 0.15) is 17.3 Å². The van der Waals surface area contributed by atoms with Crippen LogP contribution >= 0.6 is 0 Å². The van der Waals surface area contributed by atoms with Gasteiger partial charge in [-0.1, -0.05) is 18.2 Å². The summed E-state index contributed by atoms with van der Waals surface area (Å²) in [5.74, 6) is -1.92. The molecule has 0 aromatic heterocycles. The van der Waals surface area contributed by atoms with Gasteiger partial charge >= 0.3 is 0 Å². The molecule has 100 valence electrons. The predicted molar refractivity (Wildman–Crippen MR) is 68.3 cm³/mol. The monoisotopic (exact) mass is 283 g/mol. The molecule has 19 heavy (non-hydrogen) atoms. The fourth-order valence-electron chi connectivity index (χ4n) is 1.57. The topological polar surface area (TPSA) is 46.2 Å². The third kappa shape index (κ3) is 2.90. The van der Waals surface area contributed by atoms with E-state index >= 15 is 0 Å². The number of aryl methyl sites for hydroxylation is 1. The average molecular weight is 283 g/mol. The maximum absolute atomic E-state index is 13.4. The van der Waals surface area contributed by atoms with Gasteiger partial charge in [-0.25, -0.2) is 17.2 Å². The van der Waals surface area contributed by atoms with Crippen LogP contribution in [0.5, 0.6) is 0 Å². The minimum absolute atomic E-state index is 0.0462. The van der Waals surface area contributed by atoms with Crippen LogP contribution in [0.25, 0.3) is 0 Å². The summed E-state index contributed by atoms with van der Waals surface area (Å²) < 4.78 is 52.8. The number of hydrogen-bond donors (Lipinski definition) is 1. The second-order valence-electron chi connectivity index (χ2n) is 4.02. The number of halogens is 2. The molecule has 0 bridgehead atoms. The van der Waals surface area contributed by atoms with Crippen molar-refractivity contribution in [3.05, 3.63) is 59.7 Å². The predicted octanol–water partition coefficient (Wildman–Crippen LogP) is 3.07. The van der Waals surface area contributed by atoms with Gasteiger partial charge in [0.15, 0.2) is 0 Å². The molecule has 0 spiro atoms. The first-order chi connectivity index (χ1) is 8.90. The summed E-state index contributed by atoms with van der Waals surface area (Å²) in [6.45, 7) is 1.72. The van der Waals surface area contributed by atoms with E-state index in [-0.39, 0.29) is 4.90 Å². The van der Waals surface area contributed by atoms with E-state index in [1.54, 1.807) is 19.1 Å². The zero-order valence-electron chi connectivity index (χ0n) is 10.0. The Morgan fingerprint density at radius 1 is 1.00 bits per heavy atom. The van der Waals surface area contributed by atoms with Crippen LogP contribution < -0.4 is 4.72 Å². The lowest BCUT2D eigenvalue weighted by Gasteiger charge is -2.10. The Kier molecular flexibility index (Phi) is 3.53. The molecule has 0 saturated carbocycles. The average Bonchev–Trinajstić information content (AvgIpc) is 2.34. The van der Waals surface area contributed by atoms with E-state index in [0.717, 1.165) is 23.8 Å². The molecular formula is C13H11F2NO2S. The van der Waals surface area contributed by atoms with E-state index in [1.807, 2.05) is 4.72 Å². The number of nitrogens with one attached hydrogen (secondary N) is 1. The highest BCUT2D eigenvalue weighted by Crippen LogP contribution is 2.22. The second-order valence-corrected chi connectivity index (χ2v) is 5.70. The maximum Gasteiger partial charge on any atom is 0.262 e. The highest BCUT2D eigenvalue weighted by atomic mass is 32.2. The smallest absolute Gasteiger partial charge is 0.262 e. The molecule has 2 aromatic rings. The molecule has 0 unspecified atom stereocenters. The maximum atomic E-state index is 13.4. The van der Waals surface area contributed by atoms with Crippen molar-refractivity contribution in [2.45, 2.75) is 11.8 Å². The minimum Gasteiger partial charge on any atom is -0.274 e. The summed E-state index contributed by atoms with van der Waals surface area (Å²) in [4.78, 5) is -0.0462. The highest BCUT2D eigenvalue weighted by Gasteiger charge is 2.18. The van der Waals surface area contributed by atoms with Gasteiger partial charge in [0.25, 0.3) is 10.0 Å². The van der Waals surface area contributed by atoms with Gasteiger partial charge in [-0.3, -0.25) is 4.72 Å². The Morgan fingerprint density at radius 3 is 2.16 bits per heavy atom. The number of hydrogen-bond acceptors (Lipinski definition) is 2. The van der Waals surface area contributed by atoms with Crippen molar-refractivity contribution in [2.24, 2.45) is 0 Å². The van der Waals surface area contributed by atoms with E-state index in [4.69, 9.17) is 0 Å². The minimum atomic E-state index is -4.01. The summed E-state index contributed by atoms with van der Waals surface area (Å²) in [6, 6.07) is 9.18. The van der Waals surface area contributed by atoms with Crippen molar-refractivity contribution in [2.75, 3.05) is 4.72 Å². The van der Waals surface area contributed by atoms with Crippen LogP contribution in [0.3, 0.4) is 0 Å². The van der Waals surface area contributed by atoms with Crippen molar-refractivity contribution in [3.8, 4) is 0 Å². The molecule has 1 N–H and O–H groups in total. The van der Waals surface area contributed by atoms with Crippen LogP contribution in [-0.4, -0.2) is 8.42 Å². The molecule has 0 aliphatic carbocycles. The Balaban J connectivity index is 2.42. The van der Waals surface area contributed by atoms with E-state index in [1.165, 1.54) is 12.1 Å².